The number of amides is 6. The molecule has 0 bridgehead atoms. The van der Waals surface area contributed by atoms with Crippen LogP contribution in [0, 0.1) is 0 Å². The molecule has 2 aromatic carbocycles. The number of halogens is 2. The van der Waals surface area contributed by atoms with Crippen LogP contribution in [0.4, 0.5) is 14.5 Å². The Hall–Kier alpha value is -8.08. The summed E-state index contributed by atoms with van der Waals surface area (Å²) in [6.45, 7) is 0.352. The summed E-state index contributed by atoms with van der Waals surface area (Å²) in [7, 11) is 1.40. The fourth-order valence-electron chi connectivity index (χ4n) is 8.08. The minimum atomic E-state index is -3.11. The predicted molar refractivity (Wildman–Crippen MR) is 248 cm³/mol. The molecule has 7 rings (SSSR count). The number of pyridine rings is 1. The van der Waals surface area contributed by atoms with E-state index in [1.165, 1.54) is 87.0 Å². The van der Waals surface area contributed by atoms with Crippen molar-refractivity contribution in [1.82, 2.24) is 25.8 Å². The molecule has 4 aliphatic rings. The number of carbonyl (C=O) groups is 8. The number of benzene rings is 3. The maximum absolute atomic E-state index is 14.1. The summed E-state index contributed by atoms with van der Waals surface area (Å²) in [5.74, 6) is -10.7. The average Bonchev–Trinajstić information content (AvgIpc) is 3.78. The molecule has 1 aliphatic carbocycles. The molecule has 2 unspecified atom stereocenters. The highest BCUT2D eigenvalue weighted by Gasteiger charge is 2.47. The molecule has 0 saturated carbocycles. The van der Waals surface area contributed by atoms with Gasteiger partial charge in [-0.3, -0.25) is 43.5 Å². The van der Waals surface area contributed by atoms with Crippen LogP contribution in [0.25, 0.3) is 33.4 Å². The Morgan fingerprint density at radius 3 is 2.43 bits per heavy atom. The number of aromatic nitrogens is 1. The summed E-state index contributed by atoms with van der Waals surface area (Å²) < 4.78 is 34.0. The second kappa shape index (κ2) is 20.6. The third-order valence-corrected chi connectivity index (χ3v) is 12.7. The van der Waals surface area contributed by atoms with Crippen LogP contribution in [0.1, 0.15) is 59.0 Å². The first kappa shape index (κ1) is 49.8. The average molecular weight is 984 g/mol. The lowest BCUT2D eigenvalue weighted by atomic mass is 9.90. The van der Waals surface area contributed by atoms with E-state index in [0.29, 0.717) is 16.5 Å². The maximum Gasteiger partial charge on any atom is 0.336 e. The highest BCUT2D eigenvalue weighted by Crippen LogP contribution is 2.43. The van der Waals surface area contributed by atoms with Gasteiger partial charge in [-0.05, 0) is 61.0 Å². The summed E-state index contributed by atoms with van der Waals surface area (Å²) in [4.78, 5) is 125. The number of alkyl halides is 2. The van der Waals surface area contributed by atoms with Crippen LogP contribution in [0.15, 0.2) is 87.1 Å². The summed E-state index contributed by atoms with van der Waals surface area (Å²) in [6, 6.07) is 11.1. The smallest absolute Gasteiger partial charge is 0.336 e. The van der Waals surface area contributed by atoms with Crippen LogP contribution in [0.2, 0.25) is 0 Å². The maximum atomic E-state index is 14.1. The van der Waals surface area contributed by atoms with Gasteiger partial charge in [-0.25, -0.2) is 23.3 Å². The van der Waals surface area contributed by atoms with Gasteiger partial charge >= 0.3 is 11.9 Å². The van der Waals surface area contributed by atoms with Crippen molar-refractivity contribution in [3.05, 3.63) is 100.0 Å². The number of aliphatic imine (C=N–C) groups is 1. The first-order chi connectivity index (χ1) is 33.2. The van der Waals surface area contributed by atoms with E-state index < -0.39 is 96.1 Å². The third kappa shape index (κ3) is 11.1. The van der Waals surface area contributed by atoms with E-state index in [4.69, 9.17) is 4.42 Å². The zero-order valence-electron chi connectivity index (χ0n) is 37.1. The fraction of sp³-hybridized carbons (Fsp3) is 0.298. The Balaban J connectivity index is 0.917. The zero-order valence-corrected chi connectivity index (χ0v) is 38.0. The number of anilines is 1. The van der Waals surface area contributed by atoms with E-state index >= 15 is 0 Å². The SMILES string of the molecule is CN=C[C@@H]1CC(F)(F)CN1C(=O)[C@@H](C)NC(=O)c1ccnc(CNC(=O)CCC(=O)NC(CSC2CC(=O)N(c3ccc(-c4c5ccc(=O)cc-5oc5cc(O)ccc45)c(C(=O)O)c3)C2=O)C(=O)O)c1. The molecule has 1 aromatic heterocycles. The lowest BCUT2D eigenvalue weighted by Gasteiger charge is -2.25. The molecule has 6 amide bonds. The summed E-state index contributed by atoms with van der Waals surface area (Å²) in [5.41, 5.74) is 0.530. The number of aromatic carboxylic acids is 1. The van der Waals surface area contributed by atoms with E-state index in [0.717, 1.165) is 27.6 Å². The number of carboxylic acid groups (broad SMARTS) is 2. The number of thioether (sulfide) groups is 1. The van der Waals surface area contributed by atoms with Gasteiger partial charge in [0.2, 0.25) is 29.5 Å². The Morgan fingerprint density at radius 2 is 1.70 bits per heavy atom. The van der Waals surface area contributed by atoms with Crippen molar-refractivity contribution < 1.29 is 66.9 Å². The van der Waals surface area contributed by atoms with E-state index in [1.54, 1.807) is 0 Å². The fourth-order valence-corrected chi connectivity index (χ4v) is 9.24. The van der Waals surface area contributed by atoms with E-state index in [-0.39, 0.29) is 75.7 Å². The highest BCUT2D eigenvalue weighted by molar-refractivity contribution is 8.00. The minimum Gasteiger partial charge on any atom is -0.508 e. The van der Waals surface area contributed by atoms with Crippen LogP contribution >= 0.6 is 11.8 Å². The van der Waals surface area contributed by atoms with Crippen molar-refractivity contribution in [2.75, 3.05) is 24.2 Å². The lowest BCUT2D eigenvalue weighted by molar-refractivity contribution is -0.141. The van der Waals surface area contributed by atoms with Gasteiger partial charge in [0.05, 0.1) is 41.3 Å². The van der Waals surface area contributed by atoms with E-state index in [9.17, 15) is 67.3 Å². The van der Waals surface area contributed by atoms with Crippen LogP contribution in [-0.2, 0) is 35.3 Å². The number of phenolic OH excluding ortho intramolecular Hbond substituents is 1. The Labute approximate surface area is 399 Å². The number of phenols is 1. The van der Waals surface area contributed by atoms with Gasteiger partial charge in [0.25, 0.3) is 11.8 Å². The standard InChI is InChI=1S/C47H43F2N7O13S/c1-23(43(63)55-22-47(48,49)18-27(55)20-50-2)53-42(62)24-11-12-51-25(13-24)19-52-38(59)9-10-39(60)54-34(46(67)68)21-70-37-17-40(61)56(44(37)64)26-3-6-30(33(14-26)45(65)66)41-31-7-4-28(57)15-35(31)69-36-16-29(58)5-8-32(36)41/h3-8,11-16,20,23,27,34,37,57H,9-10,17-19,21-22H2,1-2H3,(H,52,59)(H,53,62)(H,54,60)(H,65,66)(H,67,68)/t23-,27+,34?,37?/m1/s1. The number of aromatic hydroxyl groups is 1. The van der Waals surface area contributed by atoms with Gasteiger partial charge in [0.1, 0.15) is 29.2 Å². The molecule has 3 aliphatic heterocycles. The second-order valence-corrected chi connectivity index (χ2v) is 17.6. The molecular weight excluding hydrogens is 941 g/mol. The quantitative estimate of drug-likeness (QED) is 0.0442. The molecule has 2 saturated heterocycles. The molecule has 2 fully saturated rings. The van der Waals surface area contributed by atoms with Crippen LogP contribution < -0.4 is 26.3 Å². The Morgan fingerprint density at radius 1 is 0.957 bits per heavy atom. The van der Waals surface area contributed by atoms with Gasteiger partial charge in [-0.2, -0.15) is 0 Å². The molecule has 20 nitrogen and oxygen atoms in total. The molecule has 0 spiro atoms. The predicted octanol–water partition coefficient (Wildman–Crippen LogP) is 3.45. The van der Waals surface area contributed by atoms with E-state index in [1.807, 2.05) is 0 Å². The number of hydrogen-bond donors (Lipinski definition) is 6. The number of nitrogens with one attached hydrogen (secondary N) is 3. The topological polar surface area (TPSA) is 295 Å². The Bertz CT molecular complexity index is 3020. The van der Waals surface area contributed by atoms with Crippen LogP contribution in [0.3, 0.4) is 0 Å². The number of imide groups is 1. The molecule has 3 aromatic rings. The molecular formula is C47H43F2N7O13S. The van der Waals surface area contributed by atoms with Crippen LogP contribution in [0.5, 0.6) is 5.75 Å². The molecule has 4 atom stereocenters. The highest BCUT2D eigenvalue weighted by atomic mass is 32.2. The van der Waals surface area contributed by atoms with Gasteiger partial charge < -0.3 is 40.6 Å². The van der Waals surface area contributed by atoms with Crippen molar-refractivity contribution in [2.45, 2.75) is 68.4 Å². The number of nitrogens with zero attached hydrogens (tertiary/aromatic N) is 4. The van der Waals surface area contributed by atoms with Gasteiger partial charge in [0.15, 0.2) is 5.43 Å². The third-order valence-electron chi connectivity index (χ3n) is 11.4. The molecule has 6 N–H and O–H groups in total. The summed E-state index contributed by atoms with van der Waals surface area (Å²) in [5, 5.41) is 37.0. The summed E-state index contributed by atoms with van der Waals surface area (Å²) in [6.07, 6.45) is 0.733. The normalized spacial score (nSPS) is 17.5. The number of hydrogen-bond acceptors (Lipinski definition) is 14. The number of likely N-dealkylation sites (tertiary alicyclic amines) is 1. The van der Waals surface area contributed by atoms with Crippen LogP contribution in [-0.4, -0.2) is 127 Å². The van der Waals surface area contributed by atoms with Crippen molar-refractivity contribution in [3.63, 3.8) is 0 Å². The number of carboxylic acids is 2. The molecule has 4 heterocycles. The molecule has 0 radical (unpaired) electrons. The van der Waals surface area contributed by atoms with Gasteiger partial charge in [0, 0.05) is 85.1 Å². The van der Waals surface area contributed by atoms with Crippen molar-refractivity contribution in [2.24, 2.45) is 4.99 Å². The largest absolute Gasteiger partial charge is 0.508 e. The molecule has 23 heteroatoms. The van der Waals surface area contributed by atoms with Gasteiger partial charge in [-0.15, -0.1) is 11.8 Å². The first-order valence-corrected chi connectivity index (χ1v) is 22.5. The minimum absolute atomic E-state index is 0.0567. The van der Waals surface area contributed by atoms with Gasteiger partial charge in [-0.1, -0.05) is 6.07 Å². The Kier molecular flexibility index (Phi) is 14.7. The van der Waals surface area contributed by atoms with Crippen molar-refractivity contribution in [1.29, 1.82) is 0 Å². The van der Waals surface area contributed by atoms with Crippen molar-refractivity contribution in [3.8, 4) is 28.2 Å². The zero-order chi connectivity index (χ0) is 50.6. The number of aliphatic carboxylic acids is 1. The number of carbonyl (C=O) groups excluding carboxylic acids is 6. The molecule has 70 heavy (non-hydrogen) atoms. The number of fused-ring (bicyclic) bond motifs is 2. The lowest BCUT2D eigenvalue weighted by Crippen LogP contribution is -2.49. The monoisotopic (exact) mass is 983 g/mol. The number of rotatable bonds is 17. The van der Waals surface area contributed by atoms with E-state index in [2.05, 4.69) is 25.9 Å². The second-order valence-electron chi connectivity index (χ2n) is 16.4. The first-order valence-electron chi connectivity index (χ1n) is 21.4. The van der Waals surface area contributed by atoms with Crippen molar-refractivity contribution >= 4 is 82.0 Å². The molecule has 364 valence electrons. The summed E-state index contributed by atoms with van der Waals surface area (Å²) >= 11 is 0.788.